The fourth-order valence-corrected chi connectivity index (χ4v) is 2.46. The van der Waals surface area contributed by atoms with Gasteiger partial charge in [0.1, 0.15) is 5.78 Å². The second kappa shape index (κ2) is 2.82. The molecule has 3 heteroatoms. The molecule has 2 rings (SSSR count). The fourth-order valence-electron chi connectivity index (χ4n) is 2.46. The van der Waals surface area contributed by atoms with Crippen molar-refractivity contribution in [2.45, 2.75) is 31.4 Å². The minimum atomic E-state index is -0.246. The Kier molecular flexibility index (Phi) is 1.93. The molecule has 3 atom stereocenters. The molecule has 1 N–H and O–H groups in total. The summed E-state index contributed by atoms with van der Waals surface area (Å²) in [6.07, 6.45) is 1.90. The van der Waals surface area contributed by atoms with Crippen LogP contribution in [0, 0.1) is 5.92 Å². The molecule has 0 aromatic rings. The number of likely N-dealkylation sites (tertiary alicyclic amines) is 1. The molecule has 1 aliphatic carbocycles. The maximum atomic E-state index is 11.4. The van der Waals surface area contributed by atoms with Crippen LogP contribution in [0.25, 0.3) is 0 Å². The van der Waals surface area contributed by atoms with Crippen LogP contribution in [0.15, 0.2) is 0 Å². The van der Waals surface area contributed by atoms with Crippen molar-refractivity contribution in [2.24, 2.45) is 5.92 Å². The first-order chi connectivity index (χ1) is 5.68. The van der Waals surface area contributed by atoms with Gasteiger partial charge in [-0.2, -0.15) is 0 Å². The molecule has 12 heavy (non-hydrogen) atoms. The van der Waals surface area contributed by atoms with Crippen LogP contribution in [-0.4, -0.2) is 41.5 Å². The minimum Gasteiger partial charge on any atom is -0.393 e. The van der Waals surface area contributed by atoms with E-state index >= 15 is 0 Å². The number of Topliss-reactive ketones (excluding diaryl/α,β-unsaturated/α-hetero) is 1. The molecule has 68 valence electrons. The molecule has 0 radical (unpaired) electrons. The molecule has 1 saturated carbocycles. The Morgan fingerprint density at radius 1 is 1.50 bits per heavy atom. The molecule has 1 heterocycles. The number of hydrogen-bond acceptors (Lipinski definition) is 3. The highest BCUT2D eigenvalue weighted by Crippen LogP contribution is 2.33. The van der Waals surface area contributed by atoms with Gasteiger partial charge < -0.3 is 10.0 Å². The Labute approximate surface area is 72.4 Å². The molecule has 0 amide bonds. The number of aliphatic hydroxyl groups is 1. The van der Waals surface area contributed by atoms with Crippen LogP contribution in [0.4, 0.5) is 0 Å². The number of nitrogens with zero attached hydrogens (tertiary/aromatic N) is 1. The first-order valence-corrected chi connectivity index (χ1v) is 4.59. The first kappa shape index (κ1) is 8.20. The lowest BCUT2D eigenvalue weighted by molar-refractivity contribution is -0.127. The van der Waals surface area contributed by atoms with Crippen LogP contribution < -0.4 is 0 Å². The largest absolute Gasteiger partial charge is 0.393 e. The average molecular weight is 169 g/mol. The molecule has 0 spiro atoms. The summed E-state index contributed by atoms with van der Waals surface area (Å²) in [5, 5.41) is 9.42. The van der Waals surface area contributed by atoms with Crippen molar-refractivity contribution in [1.29, 1.82) is 0 Å². The average Bonchev–Trinajstić information content (AvgIpc) is 2.41. The summed E-state index contributed by atoms with van der Waals surface area (Å²) in [6, 6.07) is 0.321. The fraction of sp³-hybridized carbons (Fsp3) is 0.889. The highest BCUT2D eigenvalue weighted by Gasteiger charge is 2.42. The van der Waals surface area contributed by atoms with Crippen molar-refractivity contribution in [1.82, 2.24) is 4.90 Å². The quantitative estimate of drug-likeness (QED) is 0.556. The maximum absolute atomic E-state index is 11.4. The molecule has 2 fully saturated rings. The van der Waals surface area contributed by atoms with E-state index in [4.69, 9.17) is 0 Å². The van der Waals surface area contributed by atoms with Crippen LogP contribution in [0.1, 0.15) is 19.3 Å². The Balaban J connectivity index is 2.14. The van der Waals surface area contributed by atoms with E-state index < -0.39 is 0 Å². The Bertz CT molecular complexity index is 205. The van der Waals surface area contributed by atoms with Gasteiger partial charge in [0.25, 0.3) is 0 Å². The van der Waals surface area contributed by atoms with Crippen molar-refractivity contribution in [3.8, 4) is 0 Å². The predicted octanol–water partition coefficient (Wildman–Crippen LogP) is 0.0305. The molecular weight excluding hydrogens is 154 g/mol. The zero-order valence-corrected chi connectivity index (χ0v) is 7.36. The Morgan fingerprint density at radius 3 is 2.92 bits per heavy atom. The minimum absolute atomic E-state index is 0.124. The summed E-state index contributed by atoms with van der Waals surface area (Å²) in [5.41, 5.74) is 0. The monoisotopic (exact) mass is 169 g/mol. The van der Waals surface area contributed by atoms with E-state index in [2.05, 4.69) is 4.90 Å². The van der Waals surface area contributed by atoms with Gasteiger partial charge in [-0.1, -0.05) is 0 Å². The second-order valence-corrected chi connectivity index (χ2v) is 4.00. The van der Waals surface area contributed by atoms with Crippen LogP contribution in [-0.2, 0) is 4.79 Å². The first-order valence-electron chi connectivity index (χ1n) is 4.59. The maximum Gasteiger partial charge on any atom is 0.138 e. The molecule has 0 aromatic heterocycles. The van der Waals surface area contributed by atoms with Gasteiger partial charge in [0.05, 0.1) is 6.10 Å². The Morgan fingerprint density at radius 2 is 2.25 bits per heavy atom. The molecule has 0 bridgehead atoms. The molecular formula is C9H15NO2. The molecule has 3 nitrogen and oxygen atoms in total. The third-order valence-electron chi connectivity index (χ3n) is 3.19. The van der Waals surface area contributed by atoms with Gasteiger partial charge in [-0.05, 0) is 19.9 Å². The second-order valence-electron chi connectivity index (χ2n) is 4.00. The number of rotatable bonds is 0. The van der Waals surface area contributed by atoms with Crippen LogP contribution in [0.3, 0.4) is 0 Å². The zero-order chi connectivity index (χ0) is 8.72. The third-order valence-corrected chi connectivity index (χ3v) is 3.19. The number of fused-ring (bicyclic) bond motifs is 1. The summed E-state index contributed by atoms with van der Waals surface area (Å²) >= 11 is 0. The van der Waals surface area contributed by atoms with Gasteiger partial charge in [0.15, 0.2) is 0 Å². The van der Waals surface area contributed by atoms with E-state index in [1.807, 2.05) is 7.05 Å². The van der Waals surface area contributed by atoms with E-state index in [9.17, 15) is 9.90 Å². The van der Waals surface area contributed by atoms with E-state index in [1.165, 1.54) is 0 Å². The van der Waals surface area contributed by atoms with Crippen molar-refractivity contribution >= 4 is 5.78 Å². The van der Waals surface area contributed by atoms with Crippen molar-refractivity contribution in [2.75, 3.05) is 13.6 Å². The number of carbonyl (C=O) groups is 1. The third kappa shape index (κ3) is 1.17. The van der Waals surface area contributed by atoms with E-state index in [0.29, 0.717) is 24.7 Å². The molecule has 1 saturated heterocycles. The molecule has 0 aromatic carbocycles. The standard InChI is InChI=1S/C9H15NO2/c1-10-3-2-9(12)7-4-6(11)5-8(7)10/h6-8,11H,2-5H2,1H3/t6-,7-,8+/m1/s1. The van der Waals surface area contributed by atoms with Gasteiger partial charge in [-0.3, -0.25) is 4.79 Å². The number of carbonyl (C=O) groups excluding carboxylic acids is 1. The van der Waals surface area contributed by atoms with Crippen molar-refractivity contribution in [3.05, 3.63) is 0 Å². The summed E-state index contributed by atoms with van der Waals surface area (Å²) in [7, 11) is 2.04. The number of aliphatic hydroxyl groups excluding tert-OH is 1. The lowest BCUT2D eigenvalue weighted by Crippen LogP contribution is -2.44. The van der Waals surface area contributed by atoms with E-state index in [1.54, 1.807) is 0 Å². The Hall–Kier alpha value is -0.410. The summed E-state index contributed by atoms with van der Waals surface area (Å²) in [5.74, 6) is 0.480. The van der Waals surface area contributed by atoms with E-state index in [0.717, 1.165) is 13.0 Å². The lowest BCUT2D eigenvalue weighted by Gasteiger charge is -2.33. The number of piperidine rings is 1. The summed E-state index contributed by atoms with van der Waals surface area (Å²) in [4.78, 5) is 13.6. The normalized spacial score (nSPS) is 43.2. The van der Waals surface area contributed by atoms with Crippen LogP contribution >= 0.6 is 0 Å². The van der Waals surface area contributed by atoms with E-state index in [-0.39, 0.29) is 12.0 Å². The smallest absolute Gasteiger partial charge is 0.138 e. The highest BCUT2D eigenvalue weighted by molar-refractivity contribution is 5.83. The summed E-state index contributed by atoms with van der Waals surface area (Å²) < 4.78 is 0. The molecule has 2 aliphatic rings. The van der Waals surface area contributed by atoms with Crippen molar-refractivity contribution < 1.29 is 9.90 Å². The topological polar surface area (TPSA) is 40.5 Å². The SMILES string of the molecule is CN1CCC(=O)[C@@H]2C[C@@H](O)C[C@@H]21. The highest BCUT2D eigenvalue weighted by atomic mass is 16.3. The van der Waals surface area contributed by atoms with Crippen LogP contribution in [0.5, 0.6) is 0 Å². The predicted molar refractivity (Wildman–Crippen MR) is 44.8 cm³/mol. The van der Waals surface area contributed by atoms with Crippen LogP contribution in [0.2, 0.25) is 0 Å². The molecule has 0 unspecified atom stereocenters. The van der Waals surface area contributed by atoms with Gasteiger partial charge in [-0.15, -0.1) is 0 Å². The van der Waals surface area contributed by atoms with Gasteiger partial charge >= 0.3 is 0 Å². The van der Waals surface area contributed by atoms with Gasteiger partial charge in [0.2, 0.25) is 0 Å². The summed E-state index contributed by atoms with van der Waals surface area (Å²) in [6.45, 7) is 0.868. The molecule has 1 aliphatic heterocycles. The van der Waals surface area contributed by atoms with Gasteiger partial charge in [-0.25, -0.2) is 0 Å². The van der Waals surface area contributed by atoms with Crippen molar-refractivity contribution in [3.63, 3.8) is 0 Å². The number of hydrogen-bond donors (Lipinski definition) is 1. The zero-order valence-electron chi connectivity index (χ0n) is 7.36. The van der Waals surface area contributed by atoms with Gasteiger partial charge in [0, 0.05) is 24.9 Å². The number of ketones is 1. The lowest BCUT2D eigenvalue weighted by atomic mass is 9.91.